The van der Waals surface area contributed by atoms with E-state index in [-0.39, 0.29) is 0 Å². The normalized spacial score (nSPS) is 12.3. The summed E-state index contributed by atoms with van der Waals surface area (Å²) in [4.78, 5) is 0.814. The van der Waals surface area contributed by atoms with Gasteiger partial charge in [-0.15, -0.1) is 0 Å². The summed E-state index contributed by atoms with van der Waals surface area (Å²) in [6.45, 7) is 1.98. The zero-order valence-electron chi connectivity index (χ0n) is 10.0. The Balaban J connectivity index is 2.24. The fourth-order valence-corrected chi connectivity index (χ4v) is 3.12. The second-order valence-corrected chi connectivity index (χ2v) is 6.04. The molecule has 0 saturated heterocycles. The van der Waals surface area contributed by atoms with Crippen molar-refractivity contribution in [2.24, 2.45) is 0 Å². The lowest BCUT2D eigenvalue weighted by atomic mass is 10.2. The van der Waals surface area contributed by atoms with Gasteiger partial charge in [0.1, 0.15) is 0 Å². The van der Waals surface area contributed by atoms with Gasteiger partial charge in [-0.05, 0) is 48.4 Å². The van der Waals surface area contributed by atoms with E-state index in [1.54, 1.807) is 18.2 Å². The van der Waals surface area contributed by atoms with Crippen molar-refractivity contribution in [2.45, 2.75) is 17.6 Å². The van der Waals surface area contributed by atoms with Gasteiger partial charge in [-0.3, -0.25) is 4.21 Å². The zero-order chi connectivity index (χ0) is 13.1. The van der Waals surface area contributed by atoms with Gasteiger partial charge >= 0.3 is 0 Å². The maximum atomic E-state index is 12.2. The van der Waals surface area contributed by atoms with E-state index >= 15 is 0 Å². The zero-order valence-corrected chi connectivity index (χ0v) is 11.6. The third-order valence-corrected chi connectivity index (χ3v) is 4.23. The first-order chi connectivity index (χ1) is 8.56. The Bertz CT molecular complexity index is 598. The number of rotatable bonds is 3. The number of benzene rings is 2. The van der Waals surface area contributed by atoms with Crippen molar-refractivity contribution in [1.82, 2.24) is 0 Å². The predicted octanol–water partition coefficient (Wildman–Crippen LogP) is 3.54. The molecular formula is C14H14ClNOS. The molecule has 0 aromatic heterocycles. The average Bonchev–Trinajstić information content (AvgIpc) is 2.34. The van der Waals surface area contributed by atoms with Crippen molar-refractivity contribution in [3.63, 3.8) is 0 Å². The van der Waals surface area contributed by atoms with Gasteiger partial charge in [0.15, 0.2) is 0 Å². The minimum absolute atomic E-state index is 0.385. The maximum Gasteiger partial charge on any atom is 0.0575 e. The summed E-state index contributed by atoms with van der Waals surface area (Å²) in [6.07, 6.45) is 0. The first kappa shape index (κ1) is 13.1. The molecule has 0 aliphatic heterocycles. The van der Waals surface area contributed by atoms with Crippen molar-refractivity contribution in [3.8, 4) is 0 Å². The van der Waals surface area contributed by atoms with Crippen molar-refractivity contribution in [3.05, 3.63) is 58.6 Å². The Hall–Kier alpha value is -1.32. The quantitative estimate of drug-likeness (QED) is 0.874. The van der Waals surface area contributed by atoms with Gasteiger partial charge < -0.3 is 5.73 Å². The molecule has 0 fully saturated rings. The molecule has 1 atom stereocenters. The number of halogens is 1. The summed E-state index contributed by atoms with van der Waals surface area (Å²) < 4.78 is 12.2. The Morgan fingerprint density at radius 1 is 1.22 bits per heavy atom. The second-order valence-electron chi connectivity index (χ2n) is 4.15. The molecule has 2 N–H and O–H groups in total. The fourth-order valence-electron chi connectivity index (χ4n) is 1.68. The van der Waals surface area contributed by atoms with Crippen LogP contribution in [0.4, 0.5) is 5.69 Å². The van der Waals surface area contributed by atoms with Crippen LogP contribution in [0.3, 0.4) is 0 Å². The third-order valence-electron chi connectivity index (χ3n) is 2.64. The van der Waals surface area contributed by atoms with E-state index < -0.39 is 10.8 Å². The van der Waals surface area contributed by atoms with Crippen LogP contribution >= 0.6 is 11.6 Å². The van der Waals surface area contributed by atoms with Crippen molar-refractivity contribution < 1.29 is 4.21 Å². The topological polar surface area (TPSA) is 43.1 Å². The molecule has 1 unspecified atom stereocenters. The summed E-state index contributed by atoms with van der Waals surface area (Å²) in [5.74, 6) is 0.385. The molecule has 0 saturated carbocycles. The van der Waals surface area contributed by atoms with E-state index in [9.17, 15) is 4.21 Å². The summed E-state index contributed by atoms with van der Waals surface area (Å²) >= 11 is 5.92. The number of nitrogens with two attached hydrogens (primary N) is 1. The van der Waals surface area contributed by atoms with Crippen molar-refractivity contribution in [1.29, 1.82) is 0 Å². The van der Waals surface area contributed by atoms with E-state index in [1.807, 2.05) is 31.2 Å². The Labute approximate surface area is 114 Å². The van der Waals surface area contributed by atoms with Crippen LogP contribution in [-0.2, 0) is 16.6 Å². The standard InChI is InChI=1S/C14H14ClNOS/c1-10-3-2-4-13(7-10)18(17)9-11-8-12(15)5-6-14(11)16/h2-8H,9,16H2,1H3. The highest BCUT2D eigenvalue weighted by atomic mass is 35.5. The van der Waals surface area contributed by atoms with E-state index in [1.165, 1.54) is 0 Å². The largest absolute Gasteiger partial charge is 0.398 e. The van der Waals surface area contributed by atoms with Gasteiger partial charge in [0.05, 0.1) is 16.6 Å². The Kier molecular flexibility index (Phi) is 4.04. The van der Waals surface area contributed by atoms with E-state index in [0.29, 0.717) is 16.5 Å². The van der Waals surface area contributed by atoms with E-state index in [2.05, 4.69) is 0 Å². The minimum atomic E-state index is -1.10. The van der Waals surface area contributed by atoms with Crippen LogP contribution in [0.2, 0.25) is 5.02 Å². The van der Waals surface area contributed by atoms with E-state index in [4.69, 9.17) is 17.3 Å². The maximum absolute atomic E-state index is 12.2. The highest BCUT2D eigenvalue weighted by Crippen LogP contribution is 2.21. The Morgan fingerprint density at radius 3 is 2.72 bits per heavy atom. The summed E-state index contributed by atoms with van der Waals surface area (Å²) in [7, 11) is -1.10. The molecule has 2 aromatic rings. The molecule has 2 nitrogen and oxygen atoms in total. The average molecular weight is 280 g/mol. The molecule has 94 valence electrons. The highest BCUT2D eigenvalue weighted by Gasteiger charge is 2.08. The number of hydrogen-bond acceptors (Lipinski definition) is 2. The molecule has 0 bridgehead atoms. The molecule has 0 radical (unpaired) electrons. The smallest absolute Gasteiger partial charge is 0.0575 e. The minimum Gasteiger partial charge on any atom is -0.398 e. The lowest BCUT2D eigenvalue weighted by molar-refractivity contribution is 0.682. The molecular weight excluding hydrogens is 266 g/mol. The summed E-state index contributed by atoms with van der Waals surface area (Å²) in [6, 6.07) is 12.9. The van der Waals surface area contributed by atoms with Crippen molar-refractivity contribution in [2.75, 3.05) is 5.73 Å². The lowest BCUT2D eigenvalue weighted by Crippen LogP contribution is -2.00. The molecule has 2 rings (SSSR count). The SMILES string of the molecule is Cc1cccc(S(=O)Cc2cc(Cl)ccc2N)c1. The monoisotopic (exact) mass is 279 g/mol. The second kappa shape index (κ2) is 5.55. The molecule has 0 spiro atoms. The molecule has 18 heavy (non-hydrogen) atoms. The van der Waals surface area contributed by atoms with Gasteiger partial charge in [0.25, 0.3) is 0 Å². The Morgan fingerprint density at radius 2 is 2.00 bits per heavy atom. The van der Waals surface area contributed by atoms with Crippen LogP contribution in [0.5, 0.6) is 0 Å². The molecule has 0 aliphatic rings. The predicted molar refractivity (Wildman–Crippen MR) is 77.2 cm³/mol. The van der Waals surface area contributed by atoms with Crippen LogP contribution in [0.25, 0.3) is 0 Å². The van der Waals surface area contributed by atoms with Gasteiger partial charge in [-0.1, -0.05) is 23.7 Å². The van der Waals surface area contributed by atoms with E-state index in [0.717, 1.165) is 16.0 Å². The molecule has 0 aliphatic carbocycles. The number of aryl methyl sites for hydroxylation is 1. The van der Waals surface area contributed by atoms with Crippen LogP contribution in [-0.4, -0.2) is 4.21 Å². The lowest BCUT2D eigenvalue weighted by Gasteiger charge is -2.07. The molecule has 0 heterocycles. The van der Waals surface area contributed by atoms with Crippen LogP contribution in [0, 0.1) is 6.92 Å². The highest BCUT2D eigenvalue weighted by molar-refractivity contribution is 7.84. The fraction of sp³-hybridized carbons (Fsp3) is 0.143. The summed E-state index contributed by atoms with van der Waals surface area (Å²) in [5, 5.41) is 0.612. The number of nitrogen functional groups attached to an aromatic ring is 1. The molecule has 2 aromatic carbocycles. The van der Waals surface area contributed by atoms with Gasteiger partial charge in [-0.25, -0.2) is 0 Å². The number of hydrogen-bond donors (Lipinski definition) is 1. The van der Waals surface area contributed by atoms with Gasteiger partial charge in [0.2, 0.25) is 0 Å². The first-order valence-electron chi connectivity index (χ1n) is 5.55. The van der Waals surface area contributed by atoms with Crippen molar-refractivity contribution >= 4 is 28.1 Å². The summed E-state index contributed by atoms with van der Waals surface area (Å²) in [5.41, 5.74) is 8.40. The van der Waals surface area contributed by atoms with Gasteiger partial charge in [-0.2, -0.15) is 0 Å². The number of anilines is 1. The molecule has 4 heteroatoms. The molecule has 0 amide bonds. The van der Waals surface area contributed by atoms with Crippen LogP contribution < -0.4 is 5.73 Å². The third kappa shape index (κ3) is 3.12. The van der Waals surface area contributed by atoms with Gasteiger partial charge in [0, 0.05) is 15.6 Å². The van der Waals surface area contributed by atoms with Crippen LogP contribution in [0.15, 0.2) is 47.4 Å². The first-order valence-corrected chi connectivity index (χ1v) is 7.25. The van der Waals surface area contributed by atoms with Crippen LogP contribution in [0.1, 0.15) is 11.1 Å².